The second-order valence-corrected chi connectivity index (χ2v) is 3.56. The summed E-state index contributed by atoms with van der Waals surface area (Å²) in [5.41, 5.74) is 5.53. The van der Waals surface area contributed by atoms with E-state index in [0.29, 0.717) is 6.42 Å². The van der Waals surface area contributed by atoms with Crippen molar-refractivity contribution in [1.82, 2.24) is 0 Å². The van der Waals surface area contributed by atoms with E-state index in [1.165, 1.54) is 6.07 Å². The van der Waals surface area contributed by atoms with Gasteiger partial charge >= 0.3 is 0 Å². The molecule has 1 atom stereocenters. The van der Waals surface area contributed by atoms with Crippen LogP contribution in [0.15, 0.2) is 12.1 Å². The van der Waals surface area contributed by atoms with Gasteiger partial charge in [-0.25, -0.2) is 8.78 Å². The predicted octanol–water partition coefficient (Wildman–Crippen LogP) is 3.84. The molecular formula is C10H13Cl2F2N. The van der Waals surface area contributed by atoms with Crippen molar-refractivity contribution in [2.75, 3.05) is 0 Å². The van der Waals surface area contributed by atoms with Gasteiger partial charge in [0.05, 0.1) is 5.02 Å². The molecule has 0 bridgehead atoms. The molecule has 0 aromatic heterocycles. The first-order valence-electron chi connectivity index (χ1n) is 4.46. The monoisotopic (exact) mass is 255 g/mol. The number of hydrogen-bond acceptors (Lipinski definition) is 1. The number of halogens is 4. The highest BCUT2D eigenvalue weighted by Crippen LogP contribution is 2.27. The highest BCUT2D eigenvalue weighted by molar-refractivity contribution is 6.30. The average Bonchev–Trinajstić information content (AvgIpc) is 2.13. The summed E-state index contributed by atoms with van der Waals surface area (Å²) in [6.07, 6.45) is 1.31. The van der Waals surface area contributed by atoms with Crippen LogP contribution < -0.4 is 5.73 Å². The maximum Gasteiger partial charge on any atom is 0.149 e. The number of rotatable bonds is 3. The van der Waals surface area contributed by atoms with Gasteiger partial charge in [0.1, 0.15) is 11.6 Å². The van der Waals surface area contributed by atoms with Crippen molar-refractivity contribution in [2.24, 2.45) is 5.73 Å². The lowest BCUT2D eigenvalue weighted by Gasteiger charge is -2.13. The Balaban J connectivity index is 0.00000196. The Bertz CT molecular complexity index is 331. The molecular weight excluding hydrogens is 243 g/mol. The Labute approximate surface area is 99.0 Å². The molecule has 0 aliphatic carbocycles. The van der Waals surface area contributed by atoms with Crippen LogP contribution in [-0.2, 0) is 0 Å². The molecule has 1 aromatic carbocycles. The minimum atomic E-state index is -0.743. The molecule has 5 heteroatoms. The predicted molar refractivity (Wildman–Crippen MR) is 60.5 cm³/mol. The van der Waals surface area contributed by atoms with Gasteiger partial charge in [0.15, 0.2) is 0 Å². The number of nitrogens with two attached hydrogens (primary N) is 1. The molecule has 1 aromatic rings. The summed E-state index contributed by atoms with van der Waals surface area (Å²) in [4.78, 5) is 0. The van der Waals surface area contributed by atoms with Crippen LogP contribution in [0.25, 0.3) is 0 Å². The summed E-state index contributed by atoms with van der Waals surface area (Å²) < 4.78 is 26.6. The Morgan fingerprint density at radius 3 is 2.53 bits per heavy atom. The third kappa shape index (κ3) is 3.30. The van der Waals surface area contributed by atoms with Crippen LogP contribution in [0, 0.1) is 11.6 Å². The van der Waals surface area contributed by atoms with E-state index >= 15 is 0 Å². The van der Waals surface area contributed by atoms with E-state index in [2.05, 4.69) is 0 Å². The summed E-state index contributed by atoms with van der Waals surface area (Å²) in [6, 6.07) is 1.70. The van der Waals surface area contributed by atoms with Gasteiger partial charge < -0.3 is 5.73 Å². The first kappa shape index (κ1) is 14.6. The zero-order valence-electron chi connectivity index (χ0n) is 8.27. The summed E-state index contributed by atoms with van der Waals surface area (Å²) in [6.45, 7) is 1.90. The molecule has 1 nitrogen and oxygen atoms in total. The van der Waals surface area contributed by atoms with E-state index in [4.69, 9.17) is 17.3 Å². The van der Waals surface area contributed by atoms with Gasteiger partial charge in [-0.3, -0.25) is 0 Å². The third-order valence-electron chi connectivity index (χ3n) is 2.05. The SMILES string of the molecule is CCC[C@@H](N)c1c(F)ccc(Cl)c1F.Cl. The number of benzene rings is 1. The largest absolute Gasteiger partial charge is 0.324 e. The Hall–Kier alpha value is -0.380. The molecule has 0 unspecified atom stereocenters. The van der Waals surface area contributed by atoms with Crippen LogP contribution in [0.5, 0.6) is 0 Å². The minimum absolute atomic E-state index is 0. The fourth-order valence-electron chi connectivity index (χ4n) is 1.34. The fourth-order valence-corrected chi connectivity index (χ4v) is 1.50. The molecule has 1 rings (SSSR count). The van der Waals surface area contributed by atoms with E-state index in [0.717, 1.165) is 12.5 Å². The standard InChI is InChI=1S/C10H12ClF2N.ClH/c1-2-3-8(14)9-7(12)5-4-6(11)10(9)13;/h4-5,8H,2-3,14H2,1H3;1H/t8-;/m1./s1. The molecule has 0 saturated heterocycles. The van der Waals surface area contributed by atoms with Crippen molar-refractivity contribution in [3.8, 4) is 0 Å². The Kier molecular flexibility index (Phi) is 6.10. The molecule has 15 heavy (non-hydrogen) atoms. The van der Waals surface area contributed by atoms with E-state index in [-0.39, 0.29) is 23.0 Å². The molecule has 2 N–H and O–H groups in total. The smallest absolute Gasteiger partial charge is 0.149 e. The van der Waals surface area contributed by atoms with Gasteiger partial charge in [-0.15, -0.1) is 12.4 Å². The van der Waals surface area contributed by atoms with Crippen LogP contribution in [-0.4, -0.2) is 0 Å². The molecule has 0 aliphatic heterocycles. The third-order valence-corrected chi connectivity index (χ3v) is 2.34. The lowest BCUT2D eigenvalue weighted by molar-refractivity contribution is 0.510. The van der Waals surface area contributed by atoms with E-state index in [1.54, 1.807) is 0 Å². The molecule has 0 heterocycles. The van der Waals surface area contributed by atoms with Gasteiger partial charge in [0.2, 0.25) is 0 Å². The highest BCUT2D eigenvalue weighted by atomic mass is 35.5. The van der Waals surface area contributed by atoms with E-state index in [9.17, 15) is 8.78 Å². The lowest BCUT2D eigenvalue weighted by atomic mass is 10.0. The molecule has 0 saturated carbocycles. The van der Waals surface area contributed by atoms with Gasteiger partial charge in [-0.1, -0.05) is 24.9 Å². The van der Waals surface area contributed by atoms with Crippen molar-refractivity contribution < 1.29 is 8.78 Å². The van der Waals surface area contributed by atoms with E-state index in [1.807, 2.05) is 6.92 Å². The molecule has 0 spiro atoms. The topological polar surface area (TPSA) is 26.0 Å². The van der Waals surface area contributed by atoms with Crippen molar-refractivity contribution >= 4 is 24.0 Å². The first-order valence-corrected chi connectivity index (χ1v) is 4.84. The summed E-state index contributed by atoms with van der Waals surface area (Å²) in [5, 5.41) is -0.0899. The van der Waals surface area contributed by atoms with Crippen LogP contribution in [0.4, 0.5) is 8.78 Å². The van der Waals surface area contributed by atoms with Crippen molar-refractivity contribution in [3.63, 3.8) is 0 Å². The van der Waals surface area contributed by atoms with Crippen LogP contribution >= 0.6 is 24.0 Å². The summed E-state index contributed by atoms with van der Waals surface area (Å²) >= 11 is 5.53. The summed E-state index contributed by atoms with van der Waals surface area (Å²) in [5.74, 6) is -1.37. The highest BCUT2D eigenvalue weighted by Gasteiger charge is 2.18. The minimum Gasteiger partial charge on any atom is -0.324 e. The molecule has 0 fully saturated rings. The van der Waals surface area contributed by atoms with Crippen molar-refractivity contribution in [1.29, 1.82) is 0 Å². The lowest BCUT2D eigenvalue weighted by Crippen LogP contribution is -2.14. The Morgan fingerprint density at radius 1 is 1.40 bits per heavy atom. The molecule has 0 amide bonds. The second-order valence-electron chi connectivity index (χ2n) is 3.15. The van der Waals surface area contributed by atoms with Gasteiger partial charge in [-0.2, -0.15) is 0 Å². The normalized spacial score (nSPS) is 12.1. The second kappa shape index (κ2) is 6.26. The van der Waals surface area contributed by atoms with Crippen molar-refractivity contribution in [2.45, 2.75) is 25.8 Å². The van der Waals surface area contributed by atoms with Gasteiger partial charge in [-0.05, 0) is 18.6 Å². The molecule has 0 aliphatic rings. The molecule has 86 valence electrons. The van der Waals surface area contributed by atoms with Crippen LogP contribution in [0.1, 0.15) is 31.4 Å². The first-order chi connectivity index (χ1) is 6.57. The van der Waals surface area contributed by atoms with Gasteiger partial charge in [0, 0.05) is 11.6 Å². The van der Waals surface area contributed by atoms with Crippen molar-refractivity contribution in [3.05, 3.63) is 34.4 Å². The fraction of sp³-hybridized carbons (Fsp3) is 0.400. The summed E-state index contributed by atoms with van der Waals surface area (Å²) in [7, 11) is 0. The Morgan fingerprint density at radius 2 is 2.00 bits per heavy atom. The average molecular weight is 256 g/mol. The quantitative estimate of drug-likeness (QED) is 0.817. The van der Waals surface area contributed by atoms with Crippen LogP contribution in [0.2, 0.25) is 5.02 Å². The zero-order chi connectivity index (χ0) is 10.7. The number of hydrogen-bond donors (Lipinski definition) is 1. The van der Waals surface area contributed by atoms with Gasteiger partial charge in [0.25, 0.3) is 0 Å². The maximum absolute atomic E-state index is 13.4. The molecule has 0 radical (unpaired) electrons. The zero-order valence-corrected chi connectivity index (χ0v) is 9.84. The van der Waals surface area contributed by atoms with Crippen LogP contribution in [0.3, 0.4) is 0 Å². The van der Waals surface area contributed by atoms with E-state index < -0.39 is 17.7 Å². The maximum atomic E-state index is 13.4.